The Morgan fingerprint density at radius 1 is 0.864 bits per heavy atom. The third-order valence-corrected chi connectivity index (χ3v) is 5.35. The van der Waals surface area contributed by atoms with Crippen molar-refractivity contribution in [3.63, 3.8) is 0 Å². The zero-order valence-corrected chi connectivity index (χ0v) is 14.4. The Labute approximate surface area is 135 Å². The molecule has 1 fully saturated rings. The maximum Gasteiger partial charge on any atom is 0.212 e. The van der Waals surface area contributed by atoms with Gasteiger partial charge in [0.1, 0.15) is 7.05 Å². The molecule has 0 radical (unpaired) electrons. The van der Waals surface area contributed by atoms with Gasteiger partial charge >= 0.3 is 0 Å². The van der Waals surface area contributed by atoms with Crippen molar-refractivity contribution >= 4 is 0 Å². The van der Waals surface area contributed by atoms with Gasteiger partial charge in [0.2, 0.25) is 5.69 Å². The van der Waals surface area contributed by atoms with Crippen molar-refractivity contribution in [2.45, 2.75) is 58.8 Å². The molecule has 1 heterocycles. The number of pyridine rings is 1. The molecule has 1 nitrogen and oxygen atoms in total. The summed E-state index contributed by atoms with van der Waals surface area (Å²) in [5.74, 6) is 0.787. The highest BCUT2D eigenvalue weighted by molar-refractivity contribution is 5.62. The van der Waals surface area contributed by atoms with Crippen molar-refractivity contribution in [1.29, 1.82) is 0 Å². The topological polar surface area (TPSA) is 3.88 Å². The van der Waals surface area contributed by atoms with E-state index in [1.54, 1.807) is 5.56 Å². The fourth-order valence-electron chi connectivity index (χ4n) is 3.81. The van der Waals surface area contributed by atoms with Crippen LogP contribution in [0.1, 0.15) is 60.3 Å². The number of aromatic nitrogens is 1. The number of aryl methyl sites for hydroxylation is 4. The van der Waals surface area contributed by atoms with Crippen LogP contribution in [0.25, 0.3) is 11.3 Å². The summed E-state index contributed by atoms with van der Waals surface area (Å²) < 4.78 is 2.25. The standard InChI is InChI=1S/C21H28N/c1-15-13-21(22(4)14-17(15)3)20-11-10-19(12-16(20)2)18-8-6-5-7-9-18/h10-14,18H,5-9H2,1-4H3/q+1. The van der Waals surface area contributed by atoms with E-state index in [9.17, 15) is 0 Å². The van der Waals surface area contributed by atoms with Crippen LogP contribution >= 0.6 is 0 Å². The summed E-state index contributed by atoms with van der Waals surface area (Å²) in [5.41, 5.74) is 8.35. The van der Waals surface area contributed by atoms with Crippen LogP contribution in [-0.4, -0.2) is 0 Å². The molecule has 0 bridgehead atoms. The molecule has 0 amide bonds. The number of hydrogen-bond acceptors (Lipinski definition) is 0. The number of nitrogens with zero attached hydrogens (tertiary/aromatic N) is 1. The van der Waals surface area contributed by atoms with E-state index in [2.05, 4.69) is 62.8 Å². The molecule has 0 atom stereocenters. The average molecular weight is 294 g/mol. The van der Waals surface area contributed by atoms with Crippen molar-refractivity contribution in [1.82, 2.24) is 0 Å². The summed E-state index contributed by atoms with van der Waals surface area (Å²) in [5, 5.41) is 0. The molecule has 116 valence electrons. The summed E-state index contributed by atoms with van der Waals surface area (Å²) in [6.07, 6.45) is 9.20. The Morgan fingerprint density at radius 2 is 1.59 bits per heavy atom. The molecule has 0 spiro atoms. The van der Waals surface area contributed by atoms with E-state index in [-0.39, 0.29) is 0 Å². The monoisotopic (exact) mass is 294 g/mol. The molecule has 1 saturated carbocycles. The zero-order valence-electron chi connectivity index (χ0n) is 14.4. The first kappa shape index (κ1) is 15.3. The first-order valence-electron chi connectivity index (χ1n) is 8.64. The summed E-state index contributed by atoms with van der Waals surface area (Å²) in [4.78, 5) is 0. The molecular formula is C21H28N+. The lowest BCUT2D eigenvalue weighted by Gasteiger charge is -2.22. The van der Waals surface area contributed by atoms with Crippen LogP contribution in [0.3, 0.4) is 0 Å². The first-order chi connectivity index (χ1) is 10.6. The molecule has 0 N–H and O–H groups in total. The quantitative estimate of drug-likeness (QED) is 0.674. The minimum atomic E-state index is 0.787. The molecule has 0 aliphatic heterocycles. The van der Waals surface area contributed by atoms with Gasteiger partial charge in [-0.05, 0) is 62.3 Å². The zero-order chi connectivity index (χ0) is 15.7. The van der Waals surface area contributed by atoms with Crippen molar-refractivity contribution in [3.05, 3.63) is 52.7 Å². The maximum absolute atomic E-state index is 2.43. The lowest BCUT2D eigenvalue weighted by molar-refractivity contribution is -0.660. The van der Waals surface area contributed by atoms with Crippen molar-refractivity contribution in [2.24, 2.45) is 7.05 Å². The highest BCUT2D eigenvalue weighted by Gasteiger charge is 2.18. The van der Waals surface area contributed by atoms with E-state index >= 15 is 0 Å². The predicted molar refractivity (Wildman–Crippen MR) is 93.1 cm³/mol. The Hall–Kier alpha value is -1.63. The van der Waals surface area contributed by atoms with Crippen molar-refractivity contribution in [2.75, 3.05) is 0 Å². The molecule has 1 aliphatic carbocycles. The Balaban J connectivity index is 1.97. The van der Waals surface area contributed by atoms with Gasteiger partial charge in [-0.2, -0.15) is 0 Å². The van der Waals surface area contributed by atoms with Gasteiger partial charge in [-0.15, -0.1) is 0 Å². The van der Waals surface area contributed by atoms with E-state index in [0.29, 0.717) is 0 Å². The summed E-state index contributed by atoms with van der Waals surface area (Å²) in [7, 11) is 2.15. The summed E-state index contributed by atoms with van der Waals surface area (Å²) in [6.45, 7) is 6.64. The van der Waals surface area contributed by atoms with Crippen LogP contribution in [0.15, 0.2) is 30.5 Å². The molecule has 1 aliphatic rings. The summed E-state index contributed by atoms with van der Waals surface area (Å²) >= 11 is 0. The molecule has 1 heteroatoms. The van der Waals surface area contributed by atoms with E-state index in [1.807, 2.05) is 0 Å². The third kappa shape index (κ3) is 2.95. The molecule has 1 aromatic heterocycles. The summed E-state index contributed by atoms with van der Waals surface area (Å²) in [6, 6.07) is 9.45. The van der Waals surface area contributed by atoms with E-state index < -0.39 is 0 Å². The first-order valence-corrected chi connectivity index (χ1v) is 8.64. The minimum Gasteiger partial charge on any atom is -0.201 e. The second kappa shape index (κ2) is 6.24. The highest BCUT2D eigenvalue weighted by atomic mass is 14.9. The maximum atomic E-state index is 2.43. The van der Waals surface area contributed by atoms with Gasteiger partial charge in [0.25, 0.3) is 0 Å². The molecule has 22 heavy (non-hydrogen) atoms. The van der Waals surface area contributed by atoms with Crippen molar-refractivity contribution < 1.29 is 4.57 Å². The van der Waals surface area contributed by atoms with Crippen LogP contribution in [0.5, 0.6) is 0 Å². The molecule has 0 saturated heterocycles. The second-order valence-corrected chi connectivity index (χ2v) is 7.04. The van der Waals surface area contributed by atoms with Gasteiger partial charge in [-0.3, -0.25) is 0 Å². The number of benzene rings is 1. The average Bonchev–Trinajstić information content (AvgIpc) is 2.52. The minimum absolute atomic E-state index is 0.787. The third-order valence-electron chi connectivity index (χ3n) is 5.35. The van der Waals surface area contributed by atoms with Crippen LogP contribution in [0, 0.1) is 20.8 Å². The number of hydrogen-bond donors (Lipinski definition) is 0. The second-order valence-electron chi connectivity index (χ2n) is 7.04. The Morgan fingerprint density at radius 3 is 2.27 bits per heavy atom. The van der Waals surface area contributed by atoms with Gasteiger partial charge in [0.15, 0.2) is 6.20 Å². The van der Waals surface area contributed by atoms with E-state index in [0.717, 1.165) is 5.92 Å². The van der Waals surface area contributed by atoms with Crippen LogP contribution in [0.4, 0.5) is 0 Å². The smallest absolute Gasteiger partial charge is 0.201 e. The van der Waals surface area contributed by atoms with Crippen molar-refractivity contribution in [3.8, 4) is 11.3 Å². The molecular weight excluding hydrogens is 266 g/mol. The molecule has 3 rings (SSSR count). The highest BCUT2D eigenvalue weighted by Crippen LogP contribution is 2.34. The van der Waals surface area contributed by atoms with Crippen LogP contribution in [0.2, 0.25) is 0 Å². The van der Waals surface area contributed by atoms with Gasteiger partial charge in [-0.25, -0.2) is 4.57 Å². The van der Waals surface area contributed by atoms with E-state index in [1.165, 1.54) is 60.1 Å². The van der Waals surface area contributed by atoms with Crippen LogP contribution < -0.4 is 4.57 Å². The fraction of sp³-hybridized carbons (Fsp3) is 0.476. The Kier molecular flexibility index (Phi) is 4.33. The molecule has 1 aromatic carbocycles. The van der Waals surface area contributed by atoms with Crippen LogP contribution in [-0.2, 0) is 7.05 Å². The normalized spacial score (nSPS) is 16.0. The Bertz CT molecular complexity index is 679. The van der Waals surface area contributed by atoms with Gasteiger partial charge in [0, 0.05) is 17.2 Å². The lowest BCUT2D eigenvalue weighted by atomic mass is 9.83. The predicted octanol–water partition coefficient (Wildman–Crippen LogP) is 5.15. The fourth-order valence-corrected chi connectivity index (χ4v) is 3.81. The van der Waals surface area contributed by atoms with Gasteiger partial charge in [-0.1, -0.05) is 31.4 Å². The number of rotatable bonds is 2. The largest absolute Gasteiger partial charge is 0.212 e. The molecule has 0 unspecified atom stereocenters. The molecule has 2 aromatic rings. The SMILES string of the molecule is Cc1cc(-c2ccc(C3CCCCC3)cc2C)[n+](C)cc1C. The van der Waals surface area contributed by atoms with E-state index in [4.69, 9.17) is 0 Å². The lowest BCUT2D eigenvalue weighted by Crippen LogP contribution is -2.31. The van der Waals surface area contributed by atoms with Gasteiger partial charge in [0.05, 0.1) is 0 Å². The van der Waals surface area contributed by atoms with Gasteiger partial charge < -0.3 is 0 Å².